The third kappa shape index (κ3) is 2.01. The number of halogens is 3. The van der Waals surface area contributed by atoms with E-state index in [1.807, 2.05) is 0 Å². The summed E-state index contributed by atoms with van der Waals surface area (Å²) in [4.78, 5) is 11.3. The monoisotopic (exact) mass is 278 g/mol. The van der Waals surface area contributed by atoms with Crippen LogP contribution in [0.2, 0.25) is 10.0 Å². The number of carbonyl (C=O) groups is 1. The number of rotatable bonds is 2. The van der Waals surface area contributed by atoms with E-state index in [0.717, 1.165) is 0 Å². The van der Waals surface area contributed by atoms with Crippen LogP contribution in [0.1, 0.15) is 12.5 Å². The molecule has 1 fully saturated rings. The van der Waals surface area contributed by atoms with E-state index in [1.165, 1.54) is 19.2 Å². The van der Waals surface area contributed by atoms with Crippen LogP contribution in [0.15, 0.2) is 12.1 Å². The van der Waals surface area contributed by atoms with Crippen molar-refractivity contribution in [2.75, 3.05) is 7.11 Å². The fourth-order valence-electron chi connectivity index (χ4n) is 1.70. The molecule has 0 amide bonds. The zero-order valence-corrected chi connectivity index (χ0v) is 10.6. The lowest BCUT2D eigenvalue weighted by atomic mass is 9.97. The van der Waals surface area contributed by atoms with Crippen molar-refractivity contribution in [1.82, 2.24) is 0 Å². The number of esters is 1. The van der Waals surface area contributed by atoms with Gasteiger partial charge in [0.2, 0.25) is 0 Å². The van der Waals surface area contributed by atoms with Gasteiger partial charge < -0.3 is 9.47 Å². The Labute approximate surface area is 107 Å². The molecule has 0 N–H and O–H groups in total. The molecule has 0 bridgehead atoms. The van der Waals surface area contributed by atoms with Crippen LogP contribution < -0.4 is 0 Å². The molecule has 0 saturated carbocycles. The van der Waals surface area contributed by atoms with Crippen molar-refractivity contribution in [3.8, 4) is 0 Å². The van der Waals surface area contributed by atoms with Gasteiger partial charge in [-0.15, -0.1) is 0 Å². The van der Waals surface area contributed by atoms with Crippen molar-refractivity contribution >= 4 is 29.2 Å². The predicted octanol–water partition coefficient (Wildman–Crippen LogP) is 2.92. The molecular weight excluding hydrogens is 270 g/mol. The summed E-state index contributed by atoms with van der Waals surface area (Å²) in [6.07, 6.45) is -0.759. The smallest absolute Gasteiger partial charge is 0.338 e. The van der Waals surface area contributed by atoms with Crippen LogP contribution in [0.4, 0.5) is 4.39 Å². The van der Waals surface area contributed by atoms with E-state index in [-0.39, 0.29) is 10.0 Å². The average molecular weight is 279 g/mol. The van der Waals surface area contributed by atoms with Crippen molar-refractivity contribution in [1.29, 1.82) is 0 Å². The van der Waals surface area contributed by atoms with Crippen LogP contribution in [0.3, 0.4) is 0 Å². The van der Waals surface area contributed by atoms with E-state index in [0.29, 0.717) is 5.56 Å². The Bertz CT molecular complexity index is 492. The molecular formula is C11H9Cl2FO3. The molecule has 2 rings (SSSR count). The summed E-state index contributed by atoms with van der Waals surface area (Å²) in [5.74, 6) is -1.12. The Morgan fingerprint density at radius 1 is 1.47 bits per heavy atom. The molecule has 2 unspecified atom stereocenters. The molecule has 17 heavy (non-hydrogen) atoms. The number of benzene rings is 1. The highest BCUT2D eigenvalue weighted by Crippen LogP contribution is 2.49. The highest BCUT2D eigenvalue weighted by molar-refractivity contribution is 6.35. The molecule has 0 aromatic heterocycles. The van der Waals surface area contributed by atoms with Crippen LogP contribution in [-0.2, 0) is 19.9 Å². The lowest BCUT2D eigenvalue weighted by Crippen LogP contribution is -2.18. The van der Waals surface area contributed by atoms with Crippen molar-refractivity contribution in [2.45, 2.75) is 18.6 Å². The lowest BCUT2D eigenvalue weighted by Gasteiger charge is -2.10. The van der Waals surface area contributed by atoms with Gasteiger partial charge in [-0.05, 0) is 19.1 Å². The fourth-order valence-corrected chi connectivity index (χ4v) is 2.27. The Morgan fingerprint density at radius 2 is 2.12 bits per heavy atom. The van der Waals surface area contributed by atoms with Gasteiger partial charge in [0, 0.05) is 10.6 Å². The molecule has 1 saturated heterocycles. The SMILES string of the molecule is COC(=O)C1OC1(C)c1cc(F)c(Cl)cc1Cl. The summed E-state index contributed by atoms with van der Waals surface area (Å²) in [6, 6.07) is 2.46. The molecule has 6 heteroatoms. The number of ether oxygens (including phenoxy) is 2. The topological polar surface area (TPSA) is 38.8 Å². The van der Waals surface area contributed by atoms with E-state index in [9.17, 15) is 9.18 Å². The molecule has 1 aliphatic heterocycles. The summed E-state index contributed by atoms with van der Waals surface area (Å²) in [5.41, 5.74) is -0.563. The largest absolute Gasteiger partial charge is 0.467 e. The molecule has 2 atom stereocenters. The maximum Gasteiger partial charge on any atom is 0.338 e. The van der Waals surface area contributed by atoms with Crippen LogP contribution in [-0.4, -0.2) is 19.2 Å². The van der Waals surface area contributed by atoms with Crippen molar-refractivity contribution < 1.29 is 18.7 Å². The van der Waals surface area contributed by atoms with Crippen LogP contribution in [0.5, 0.6) is 0 Å². The van der Waals surface area contributed by atoms with E-state index < -0.39 is 23.5 Å². The Balaban J connectivity index is 2.37. The first-order valence-electron chi connectivity index (χ1n) is 4.81. The van der Waals surface area contributed by atoms with Crippen LogP contribution >= 0.6 is 23.2 Å². The predicted molar refractivity (Wildman–Crippen MR) is 60.7 cm³/mol. The third-order valence-electron chi connectivity index (χ3n) is 2.77. The molecule has 3 nitrogen and oxygen atoms in total. The highest BCUT2D eigenvalue weighted by atomic mass is 35.5. The summed E-state index contributed by atoms with van der Waals surface area (Å²) >= 11 is 11.5. The van der Waals surface area contributed by atoms with E-state index in [4.69, 9.17) is 27.9 Å². The fraction of sp³-hybridized carbons (Fsp3) is 0.364. The van der Waals surface area contributed by atoms with Gasteiger partial charge in [-0.3, -0.25) is 0 Å². The molecule has 1 aromatic carbocycles. The van der Waals surface area contributed by atoms with Gasteiger partial charge in [-0.1, -0.05) is 23.2 Å². The second kappa shape index (κ2) is 4.12. The van der Waals surface area contributed by atoms with Crippen LogP contribution in [0.25, 0.3) is 0 Å². The van der Waals surface area contributed by atoms with Crippen molar-refractivity contribution in [3.05, 3.63) is 33.6 Å². The molecule has 0 radical (unpaired) electrons. The number of methoxy groups -OCH3 is 1. The quantitative estimate of drug-likeness (QED) is 0.474. The maximum atomic E-state index is 13.4. The first-order valence-corrected chi connectivity index (χ1v) is 5.56. The standard InChI is InChI=1S/C11H9Cl2FO3/c1-11(9(17-11)10(15)16-2)5-3-8(14)7(13)4-6(5)12/h3-4,9H,1-2H3. The Hall–Kier alpha value is -0.840. The minimum Gasteiger partial charge on any atom is -0.467 e. The second-order valence-electron chi connectivity index (χ2n) is 3.87. The van der Waals surface area contributed by atoms with Gasteiger partial charge in [0.1, 0.15) is 11.4 Å². The van der Waals surface area contributed by atoms with Crippen molar-refractivity contribution in [3.63, 3.8) is 0 Å². The van der Waals surface area contributed by atoms with Gasteiger partial charge in [0.25, 0.3) is 0 Å². The Morgan fingerprint density at radius 3 is 2.71 bits per heavy atom. The van der Waals surface area contributed by atoms with Gasteiger partial charge in [-0.2, -0.15) is 0 Å². The zero-order chi connectivity index (χ0) is 12.8. The van der Waals surface area contributed by atoms with Crippen LogP contribution in [0, 0.1) is 5.82 Å². The third-order valence-corrected chi connectivity index (χ3v) is 3.37. The summed E-state index contributed by atoms with van der Waals surface area (Å²) in [6.45, 7) is 1.64. The van der Waals surface area contributed by atoms with E-state index in [1.54, 1.807) is 6.92 Å². The molecule has 0 aliphatic carbocycles. The number of carbonyl (C=O) groups excluding carboxylic acids is 1. The molecule has 92 valence electrons. The molecule has 0 spiro atoms. The van der Waals surface area contributed by atoms with Gasteiger partial charge in [-0.25, -0.2) is 9.18 Å². The molecule has 1 heterocycles. The summed E-state index contributed by atoms with van der Waals surface area (Å²) in [7, 11) is 1.26. The first kappa shape index (κ1) is 12.6. The minimum atomic E-state index is -0.949. The summed E-state index contributed by atoms with van der Waals surface area (Å²) < 4.78 is 23.2. The zero-order valence-electron chi connectivity index (χ0n) is 9.09. The first-order chi connectivity index (χ1) is 7.90. The van der Waals surface area contributed by atoms with Gasteiger partial charge in [0.15, 0.2) is 6.10 Å². The second-order valence-corrected chi connectivity index (χ2v) is 4.69. The Kier molecular flexibility index (Phi) is 3.06. The normalized spacial score (nSPS) is 26.8. The lowest BCUT2D eigenvalue weighted by molar-refractivity contribution is -0.142. The van der Waals surface area contributed by atoms with E-state index in [2.05, 4.69) is 4.74 Å². The van der Waals surface area contributed by atoms with Gasteiger partial charge in [0.05, 0.1) is 12.1 Å². The number of hydrogen-bond donors (Lipinski definition) is 0. The molecule has 1 aromatic rings. The van der Waals surface area contributed by atoms with E-state index >= 15 is 0 Å². The minimum absolute atomic E-state index is 0.0716. The number of hydrogen-bond acceptors (Lipinski definition) is 3. The van der Waals surface area contributed by atoms with Crippen molar-refractivity contribution in [2.24, 2.45) is 0 Å². The summed E-state index contributed by atoms with van der Waals surface area (Å²) in [5, 5.41) is 0.183. The molecule has 1 aliphatic rings. The maximum absolute atomic E-state index is 13.4. The average Bonchev–Trinajstić information content (AvgIpc) is 2.96. The highest BCUT2D eigenvalue weighted by Gasteiger charge is 2.60. The van der Waals surface area contributed by atoms with Gasteiger partial charge >= 0.3 is 5.97 Å². The number of epoxide rings is 1.